The van der Waals surface area contributed by atoms with Crippen molar-refractivity contribution in [3.8, 4) is 0 Å². The molecule has 2 aromatic rings. The van der Waals surface area contributed by atoms with E-state index in [-0.39, 0.29) is 22.8 Å². The number of nitrogens with one attached hydrogen (secondary N) is 2. The lowest BCUT2D eigenvalue weighted by Crippen LogP contribution is -2.48. The summed E-state index contributed by atoms with van der Waals surface area (Å²) in [6, 6.07) is 11.9. The summed E-state index contributed by atoms with van der Waals surface area (Å²) < 4.78 is 41.1. The van der Waals surface area contributed by atoms with Crippen LogP contribution in [0.3, 0.4) is 0 Å². The average molecular weight is 383 g/mol. The van der Waals surface area contributed by atoms with E-state index in [1.807, 2.05) is 0 Å². The van der Waals surface area contributed by atoms with Gasteiger partial charge in [0.1, 0.15) is 5.82 Å². The molecule has 4 nitrogen and oxygen atoms in total. The summed E-state index contributed by atoms with van der Waals surface area (Å²) in [5, 5.41) is 3.82. The van der Waals surface area contributed by atoms with Crippen molar-refractivity contribution in [2.45, 2.75) is 42.7 Å². The quantitative estimate of drug-likeness (QED) is 0.815. The lowest BCUT2D eigenvalue weighted by atomic mass is 9.91. The summed E-state index contributed by atoms with van der Waals surface area (Å²) >= 11 is 5.83. The molecular formula is C18H20ClFN2O2S. The predicted octanol–water partition coefficient (Wildman–Crippen LogP) is 4.18. The molecular weight excluding hydrogens is 363 g/mol. The Hall–Kier alpha value is -1.63. The maximum Gasteiger partial charge on any atom is 0.240 e. The number of anilines is 1. The van der Waals surface area contributed by atoms with Crippen LogP contribution in [-0.4, -0.2) is 20.5 Å². The van der Waals surface area contributed by atoms with Gasteiger partial charge in [0.25, 0.3) is 0 Å². The second-order valence-electron chi connectivity index (χ2n) is 6.22. The van der Waals surface area contributed by atoms with Crippen LogP contribution in [0, 0.1) is 5.82 Å². The van der Waals surface area contributed by atoms with Gasteiger partial charge in [-0.25, -0.2) is 17.5 Å². The van der Waals surface area contributed by atoms with Crippen molar-refractivity contribution in [1.29, 1.82) is 0 Å². The third-order valence-electron chi connectivity index (χ3n) is 4.39. The Bertz CT molecular complexity index is 810. The van der Waals surface area contributed by atoms with E-state index in [0.29, 0.717) is 5.02 Å². The Morgan fingerprint density at radius 2 is 1.52 bits per heavy atom. The van der Waals surface area contributed by atoms with E-state index in [9.17, 15) is 12.8 Å². The van der Waals surface area contributed by atoms with Gasteiger partial charge in [0.15, 0.2) is 0 Å². The van der Waals surface area contributed by atoms with Crippen LogP contribution in [0.4, 0.5) is 10.1 Å². The third-order valence-corrected chi connectivity index (χ3v) is 6.15. The van der Waals surface area contributed by atoms with Gasteiger partial charge in [0.05, 0.1) is 4.90 Å². The van der Waals surface area contributed by atoms with Crippen LogP contribution in [0.15, 0.2) is 53.4 Å². The molecule has 1 fully saturated rings. The van der Waals surface area contributed by atoms with E-state index < -0.39 is 10.0 Å². The fraction of sp³-hybridized carbons (Fsp3) is 0.333. The van der Waals surface area contributed by atoms with E-state index in [1.165, 1.54) is 24.3 Å². The third kappa shape index (κ3) is 4.71. The molecule has 1 aliphatic carbocycles. The fourth-order valence-electron chi connectivity index (χ4n) is 3.09. The van der Waals surface area contributed by atoms with Crippen LogP contribution in [0.1, 0.15) is 25.7 Å². The molecule has 7 heteroatoms. The second-order valence-corrected chi connectivity index (χ2v) is 8.37. The Labute approximate surface area is 152 Å². The van der Waals surface area contributed by atoms with Crippen molar-refractivity contribution in [3.05, 3.63) is 59.4 Å². The maximum absolute atomic E-state index is 13.1. The van der Waals surface area contributed by atoms with Gasteiger partial charge >= 0.3 is 0 Å². The van der Waals surface area contributed by atoms with Gasteiger partial charge < -0.3 is 5.32 Å². The van der Waals surface area contributed by atoms with E-state index >= 15 is 0 Å². The first-order valence-corrected chi connectivity index (χ1v) is 10.1. The van der Waals surface area contributed by atoms with Gasteiger partial charge in [-0.05, 0) is 61.4 Å². The maximum atomic E-state index is 13.1. The summed E-state index contributed by atoms with van der Waals surface area (Å²) in [6.45, 7) is 0. The molecule has 0 amide bonds. The van der Waals surface area contributed by atoms with Gasteiger partial charge in [0.2, 0.25) is 10.0 Å². The molecule has 2 atom stereocenters. The van der Waals surface area contributed by atoms with E-state index in [0.717, 1.165) is 31.4 Å². The molecule has 0 saturated heterocycles. The fourth-order valence-corrected chi connectivity index (χ4v) is 4.52. The molecule has 2 aromatic carbocycles. The Balaban J connectivity index is 1.74. The number of halogens is 2. The summed E-state index contributed by atoms with van der Waals surface area (Å²) in [7, 11) is -3.62. The van der Waals surface area contributed by atoms with Gasteiger partial charge in [0, 0.05) is 22.8 Å². The Morgan fingerprint density at radius 3 is 2.16 bits per heavy atom. The van der Waals surface area contributed by atoms with Crippen molar-refractivity contribution in [1.82, 2.24) is 4.72 Å². The van der Waals surface area contributed by atoms with Crippen molar-refractivity contribution >= 4 is 27.3 Å². The highest BCUT2D eigenvalue weighted by Crippen LogP contribution is 2.24. The molecule has 134 valence electrons. The van der Waals surface area contributed by atoms with Crippen LogP contribution in [0.25, 0.3) is 0 Å². The summed E-state index contributed by atoms with van der Waals surface area (Å²) in [4.78, 5) is 0.197. The molecule has 25 heavy (non-hydrogen) atoms. The van der Waals surface area contributed by atoms with Crippen LogP contribution < -0.4 is 10.0 Å². The topological polar surface area (TPSA) is 58.2 Å². The molecule has 0 unspecified atom stereocenters. The van der Waals surface area contributed by atoms with Gasteiger partial charge in [-0.1, -0.05) is 24.4 Å². The monoisotopic (exact) mass is 382 g/mol. The molecule has 0 bridgehead atoms. The number of sulfonamides is 1. The van der Waals surface area contributed by atoms with Crippen LogP contribution in [-0.2, 0) is 10.0 Å². The molecule has 0 aliphatic heterocycles. The van der Waals surface area contributed by atoms with Gasteiger partial charge in [-0.15, -0.1) is 0 Å². The van der Waals surface area contributed by atoms with Gasteiger partial charge in [-0.2, -0.15) is 0 Å². The SMILES string of the molecule is O=S(=O)(N[C@@H]1CCCC[C@H]1Nc1ccc(F)cc1)c1ccc(Cl)cc1. The van der Waals surface area contributed by atoms with Crippen LogP contribution >= 0.6 is 11.6 Å². The van der Waals surface area contributed by atoms with E-state index in [2.05, 4.69) is 10.0 Å². The highest BCUT2D eigenvalue weighted by molar-refractivity contribution is 7.89. The molecule has 0 spiro atoms. The smallest absolute Gasteiger partial charge is 0.240 e. The van der Waals surface area contributed by atoms with Crippen molar-refractivity contribution < 1.29 is 12.8 Å². The summed E-state index contributed by atoms with van der Waals surface area (Å²) in [5.41, 5.74) is 0.781. The lowest BCUT2D eigenvalue weighted by Gasteiger charge is -2.33. The van der Waals surface area contributed by atoms with Crippen LogP contribution in [0.5, 0.6) is 0 Å². The number of hydrogen-bond acceptors (Lipinski definition) is 3. The summed E-state index contributed by atoms with van der Waals surface area (Å²) in [6.07, 6.45) is 3.60. The largest absolute Gasteiger partial charge is 0.381 e. The molecule has 3 rings (SSSR count). The summed E-state index contributed by atoms with van der Waals surface area (Å²) in [5.74, 6) is -0.297. The standard InChI is InChI=1S/C18H20ClFN2O2S/c19-13-5-11-16(12-6-13)25(23,24)22-18-4-2-1-3-17(18)21-15-9-7-14(20)8-10-15/h5-12,17-18,21-22H,1-4H2/t17-,18-/m1/s1. The zero-order valence-corrected chi connectivity index (χ0v) is 15.2. The number of rotatable bonds is 5. The predicted molar refractivity (Wildman–Crippen MR) is 97.8 cm³/mol. The highest BCUT2D eigenvalue weighted by atomic mass is 35.5. The zero-order chi connectivity index (χ0) is 17.9. The second kappa shape index (κ2) is 7.72. The first-order chi connectivity index (χ1) is 11.9. The minimum absolute atomic E-state index is 0.0405. The Kier molecular flexibility index (Phi) is 5.61. The number of hydrogen-bond donors (Lipinski definition) is 2. The van der Waals surface area contributed by atoms with E-state index in [4.69, 9.17) is 11.6 Å². The minimum atomic E-state index is -3.62. The number of benzene rings is 2. The molecule has 0 radical (unpaired) electrons. The zero-order valence-electron chi connectivity index (χ0n) is 13.6. The molecule has 2 N–H and O–H groups in total. The Morgan fingerprint density at radius 1 is 0.920 bits per heavy atom. The normalized spacial score (nSPS) is 21.0. The molecule has 1 aliphatic rings. The van der Waals surface area contributed by atoms with Crippen molar-refractivity contribution in [2.24, 2.45) is 0 Å². The molecule has 0 aromatic heterocycles. The first kappa shape index (κ1) is 18.2. The molecule has 0 heterocycles. The average Bonchev–Trinajstić information content (AvgIpc) is 2.59. The van der Waals surface area contributed by atoms with Gasteiger partial charge in [-0.3, -0.25) is 0 Å². The van der Waals surface area contributed by atoms with Crippen molar-refractivity contribution in [2.75, 3.05) is 5.32 Å². The highest BCUT2D eigenvalue weighted by Gasteiger charge is 2.29. The van der Waals surface area contributed by atoms with Crippen molar-refractivity contribution in [3.63, 3.8) is 0 Å². The minimum Gasteiger partial charge on any atom is -0.381 e. The lowest BCUT2D eigenvalue weighted by molar-refractivity contribution is 0.378. The first-order valence-electron chi connectivity index (χ1n) is 8.24. The van der Waals surface area contributed by atoms with E-state index in [1.54, 1.807) is 24.3 Å². The molecule has 1 saturated carbocycles. The van der Waals surface area contributed by atoms with Crippen LogP contribution in [0.2, 0.25) is 5.02 Å².